The van der Waals surface area contributed by atoms with Gasteiger partial charge in [0.25, 0.3) is 0 Å². The summed E-state index contributed by atoms with van der Waals surface area (Å²) < 4.78 is 12.2. The van der Waals surface area contributed by atoms with Crippen LogP contribution in [0, 0.1) is 0 Å². The van der Waals surface area contributed by atoms with Crippen LogP contribution < -0.4 is 14.8 Å². The molecule has 5 rings (SSSR count). The van der Waals surface area contributed by atoms with Gasteiger partial charge in [-0.05, 0) is 48.7 Å². The molecule has 182 valence electrons. The zero-order chi connectivity index (χ0) is 23.5. The van der Waals surface area contributed by atoms with E-state index in [1.807, 2.05) is 47.4 Å². The molecule has 2 N–H and O–H groups in total. The maximum Gasteiger partial charge on any atom is 0.321 e. The van der Waals surface area contributed by atoms with E-state index in [1.54, 1.807) is 0 Å². The summed E-state index contributed by atoms with van der Waals surface area (Å²) in [6, 6.07) is 13.1. The number of urea groups is 1. The summed E-state index contributed by atoms with van der Waals surface area (Å²) in [5, 5.41) is 14.3. The molecule has 0 saturated carbocycles. The molecule has 7 nitrogen and oxygen atoms in total. The molecule has 0 radical (unpaired) electrons. The predicted molar refractivity (Wildman–Crippen MR) is 132 cm³/mol. The monoisotopic (exact) mass is 485 g/mol. The van der Waals surface area contributed by atoms with Gasteiger partial charge < -0.3 is 29.7 Å². The quantitative estimate of drug-likeness (QED) is 0.642. The van der Waals surface area contributed by atoms with Crippen molar-refractivity contribution in [1.29, 1.82) is 0 Å². The zero-order valence-corrected chi connectivity index (χ0v) is 20.1. The van der Waals surface area contributed by atoms with Gasteiger partial charge in [-0.2, -0.15) is 0 Å². The van der Waals surface area contributed by atoms with E-state index in [0.717, 1.165) is 69.1 Å². The number of anilines is 1. The first-order valence-electron chi connectivity index (χ1n) is 12.2. The average molecular weight is 486 g/mol. The number of aliphatic hydroxyl groups is 1. The van der Waals surface area contributed by atoms with E-state index in [1.165, 1.54) is 5.56 Å². The molecule has 0 bridgehead atoms. The minimum Gasteiger partial charge on any atom is -0.489 e. The van der Waals surface area contributed by atoms with Crippen molar-refractivity contribution < 1.29 is 19.4 Å². The predicted octanol–water partition coefficient (Wildman–Crippen LogP) is 4.18. The Balaban J connectivity index is 1.09. The Morgan fingerprint density at radius 2 is 1.91 bits per heavy atom. The first-order chi connectivity index (χ1) is 16.5. The summed E-state index contributed by atoms with van der Waals surface area (Å²) in [4.78, 5) is 16.5. The highest BCUT2D eigenvalue weighted by molar-refractivity contribution is 6.30. The van der Waals surface area contributed by atoms with Crippen molar-refractivity contribution in [3.63, 3.8) is 0 Å². The molecule has 1 atom stereocenters. The number of para-hydroxylation sites is 2. The number of nitrogens with one attached hydrogen (secondary N) is 1. The van der Waals surface area contributed by atoms with E-state index in [9.17, 15) is 9.90 Å². The zero-order valence-electron chi connectivity index (χ0n) is 19.3. The number of aliphatic hydroxyl groups excluding tert-OH is 1. The fourth-order valence-corrected chi connectivity index (χ4v) is 5.37. The van der Waals surface area contributed by atoms with Gasteiger partial charge in [-0.3, -0.25) is 0 Å². The number of amides is 2. The molecule has 0 unspecified atom stereocenters. The number of benzene rings is 2. The van der Waals surface area contributed by atoms with Crippen molar-refractivity contribution in [1.82, 2.24) is 9.80 Å². The van der Waals surface area contributed by atoms with Crippen LogP contribution in [0.1, 0.15) is 31.2 Å². The third-order valence-electron chi connectivity index (χ3n) is 7.05. The molecule has 1 spiro atoms. The second-order valence-corrected chi connectivity index (χ2v) is 10.0. The fraction of sp³-hybridized carbons (Fsp3) is 0.500. The number of β-amino-alcohol motifs (C(OH)–C–C–N with tert-alkyl or cyclic N) is 1. The summed E-state index contributed by atoms with van der Waals surface area (Å²) in [7, 11) is 0. The number of ether oxygens (including phenoxy) is 2. The highest BCUT2D eigenvalue weighted by atomic mass is 35.5. The van der Waals surface area contributed by atoms with Crippen LogP contribution in [0.25, 0.3) is 0 Å². The van der Waals surface area contributed by atoms with Gasteiger partial charge in [0.15, 0.2) is 0 Å². The minimum atomic E-state index is -0.628. The average Bonchev–Trinajstić information content (AvgIpc) is 3.48. The van der Waals surface area contributed by atoms with E-state index in [0.29, 0.717) is 18.0 Å². The van der Waals surface area contributed by atoms with Crippen molar-refractivity contribution in [3.8, 4) is 11.5 Å². The van der Waals surface area contributed by atoms with Gasteiger partial charge in [0.1, 0.15) is 29.8 Å². The second-order valence-electron chi connectivity index (χ2n) is 9.60. The summed E-state index contributed by atoms with van der Waals surface area (Å²) in [5.74, 6) is 1.52. The smallest absolute Gasteiger partial charge is 0.321 e. The van der Waals surface area contributed by atoms with Gasteiger partial charge in [-0.15, -0.1) is 0 Å². The first-order valence-corrected chi connectivity index (χ1v) is 12.5. The maximum absolute atomic E-state index is 12.4. The van der Waals surface area contributed by atoms with E-state index < -0.39 is 6.10 Å². The molecule has 0 aromatic heterocycles. The Labute approximate surface area is 205 Å². The topological polar surface area (TPSA) is 74.3 Å². The van der Waals surface area contributed by atoms with Crippen molar-refractivity contribution in [3.05, 3.63) is 53.1 Å². The molecule has 3 aliphatic heterocycles. The summed E-state index contributed by atoms with van der Waals surface area (Å²) >= 11 is 6.14. The number of hydrogen-bond acceptors (Lipinski definition) is 5. The number of fused-ring (bicyclic) bond motifs is 1. The van der Waals surface area contributed by atoms with Crippen LogP contribution in [0.2, 0.25) is 5.02 Å². The lowest BCUT2D eigenvalue weighted by molar-refractivity contribution is -0.00191. The summed E-state index contributed by atoms with van der Waals surface area (Å²) in [6.07, 6.45) is 4.18. The first kappa shape index (κ1) is 23.3. The van der Waals surface area contributed by atoms with Gasteiger partial charge in [-0.1, -0.05) is 23.7 Å². The molecule has 2 aromatic carbocycles. The van der Waals surface area contributed by atoms with Crippen LogP contribution in [0.15, 0.2) is 42.5 Å². The normalized spacial score (nSPS) is 20.1. The lowest BCUT2D eigenvalue weighted by Gasteiger charge is -2.39. The van der Waals surface area contributed by atoms with Gasteiger partial charge >= 0.3 is 6.03 Å². The summed E-state index contributed by atoms with van der Waals surface area (Å²) in [5.41, 5.74) is 1.66. The van der Waals surface area contributed by atoms with Crippen molar-refractivity contribution >= 4 is 23.3 Å². The van der Waals surface area contributed by atoms with Gasteiger partial charge in [0.2, 0.25) is 0 Å². The van der Waals surface area contributed by atoms with Crippen molar-refractivity contribution in [2.24, 2.45) is 0 Å². The van der Waals surface area contributed by atoms with Crippen LogP contribution in [-0.2, 0) is 6.42 Å². The molecule has 0 aliphatic carbocycles. The highest BCUT2D eigenvalue weighted by Crippen LogP contribution is 2.42. The summed E-state index contributed by atoms with van der Waals surface area (Å²) in [6.45, 7) is 4.00. The van der Waals surface area contributed by atoms with Crippen molar-refractivity contribution in [2.45, 2.75) is 43.8 Å². The lowest BCUT2D eigenvalue weighted by atomic mass is 9.87. The largest absolute Gasteiger partial charge is 0.489 e. The molecular weight excluding hydrogens is 454 g/mol. The number of carbonyl (C=O) groups is 1. The van der Waals surface area contributed by atoms with E-state index in [-0.39, 0.29) is 18.2 Å². The molecule has 3 heterocycles. The maximum atomic E-state index is 12.4. The van der Waals surface area contributed by atoms with Crippen molar-refractivity contribution in [2.75, 3.05) is 44.6 Å². The number of likely N-dealkylation sites (tertiary alicyclic amines) is 2. The fourth-order valence-electron chi connectivity index (χ4n) is 5.17. The Hall–Kier alpha value is -2.48. The Bertz CT molecular complexity index is 1020. The number of carbonyl (C=O) groups excluding carboxylic acids is 1. The molecule has 34 heavy (non-hydrogen) atoms. The molecule has 8 heteroatoms. The number of nitrogens with zero attached hydrogens (tertiary/aromatic N) is 2. The number of hydrogen-bond donors (Lipinski definition) is 2. The SMILES string of the molecule is O=C(Nc1ccccc1OC[C@@H](O)CN1CCC2(CC1)Cc1cc(Cl)ccc1O2)N1CCCC1. The van der Waals surface area contributed by atoms with Gasteiger partial charge in [-0.25, -0.2) is 4.79 Å². The van der Waals surface area contributed by atoms with Gasteiger partial charge in [0, 0.05) is 57.0 Å². The van der Waals surface area contributed by atoms with Crippen LogP contribution in [0.4, 0.5) is 10.5 Å². The van der Waals surface area contributed by atoms with E-state index in [4.69, 9.17) is 21.1 Å². The van der Waals surface area contributed by atoms with Crippen LogP contribution in [0.5, 0.6) is 11.5 Å². The molecule has 2 amide bonds. The van der Waals surface area contributed by atoms with Crippen LogP contribution >= 0.6 is 11.6 Å². The number of piperidine rings is 1. The Morgan fingerprint density at radius 3 is 2.71 bits per heavy atom. The molecule has 2 saturated heterocycles. The third kappa shape index (κ3) is 5.27. The second kappa shape index (κ2) is 10.0. The van der Waals surface area contributed by atoms with E-state index >= 15 is 0 Å². The Morgan fingerprint density at radius 1 is 1.15 bits per heavy atom. The molecular formula is C26H32ClN3O4. The molecule has 2 aromatic rings. The molecule has 2 fully saturated rings. The number of halogens is 1. The number of rotatable bonds is 6. The van der Waals surface area contributed by atoms with E-state index in [2.05, 4.69) is 10.2 Å². The van der Waals surface area contributed by atoms with Gasteiger partial charge in [0.05, 0.1) is 5.69 Å². The van der Waals surface area contributed by atoms with Crippen LogP contribution in [-0.4, -0.2) is 72.0 Å². The standard InChI is InChI=1S/C26H32ClN3O4/c27-20-7-8-23-19(15-20)16-26(34-23)9-13-29(14-10-26)17-21(31)18-33-24-6-2-1-5-22(24)28-25(32)30-11-3-4-12-30/h1-2,5-8,15,21,31H,3-4,9-14,16-18H2,(H,28,32)/t21-/m0/s1. The lowest BCUT2D eigenvalue weighted by Crippen LogP contribution is -2.49. The molecule has 3 aliphatic rings. The Kier molecular flexibility index (Phi) is 6.86. The highest BCUT2D eigenvalue weighted by Gasteiger charge is 2.42. The third-order valence-corrected chi connectivity index (χ3v) is 7.29. The minimum absolute atomic E-state index is 0.102. The van der Waals surface area contributed by atoms with Crippen LogP contribution in [0.3, 0.4) is 0 Å².